The fourth-order valence-corrected chi connectivity index (χ4v) is 2.38. The van der Waals surface area contributed by atoms with Crippen molar-refractivity contribution in [2.45, 2.75) is 18.9 Å². The Morgan fingerprint density at radius 2 is 2.07 bits per heavy atom. The highest BCUT2D eigenvalue weighted by molar-refractivity contribution is 9.09. The smallest absolute Gasteiger partial charge is 0.194 e. The van der Waals surface area contributed by atoms with Gasteiger partial charge in [-0.2, -0.15) is 0 Å². The van der Waals surface area contributed by atoms with Gasteiger partial charge in [-0.15, -0.1) is 0 Å². The Balaban J connectivity index is 2.32. The molecule has 0 N–H and O–H groups in total. The number of nitrogens with zero attached hydrogens (tertiary/aromatic N) is 1. The zero-order valence-electron chi connectivity index (χ0n) is 7.82. The first-order valence-corrected chi connectivity index (χ1v) is 5.88. The summed E-state index contributed by atoms with van der Waals surface area (Å²) in [4.78, 5) is 0. The van der Waals surface area contributed by atoms with Crippen molar-refractivity contribution >= 4 is 21.6 Å². The number of hydrogen-bond donors (Lipinski definition) is 0. The van der Waals surface area contributed by atoms with E-state index in [1.165, 1.54) is 0 Å². The predicted molar refractivity (Wildman–Crippen MR) is 61.0 cm³/mol. The highest BCUT2D eigenvalue weighted by Gasteiger charge is 2.28. The summed E-state index contributed by atoms with van der Waals surface area (Å²) in [5.74, 6) is 0. The van der Waals surface area contributed by atoms with Crippen molar-refractivity contribution in [3.63, 3.8) is 0 Å². The molecular weight excluding hydrogens is 242 g/mol. The van der Waals surface area contributed by atoms with Crippen LogP contribution in [0.5, 0.6) is 0 Å². The van der Waals surface area contributed by atoms with Crippen molar-refractivity contribution in [1.29, 1.82) is 0 Å². The van der Waals surface area contributed by atoms with Crippen LogP contribution in [-0.4, -0.2) is 21.8 Å². The zero-order valence-corrected chi connectivity index (χ0v) is 9.40. The van der Waals surface area contributed by atoms with Crippen LogP contribution in [0.1, 0.15) is 18.4 Å². The van der Waals surface area contributed by atoms with Crippen LogP contribution in [-0.2, 0) is 0 Å². The van der Waals surface area contributed by atoms with Gasteiger partial charge in [0.1, 0.15) is 0 Å². The highest BCUT2D eigenvalue weighted by Crippen LogP contribution is 2.18. The number of halogens is 1. The van der Waals surface area contributed by atoms with Crippen LogP contribution in [0.15, 0.2) is 30.3 Å². The summed E-state index contributed by atoms with van der Waals surface area (Å²) in [6.07, 6.45) is 1.85. The summed E-state index contributed by atoms with van der Waals surface area (Å²) in [5, 5.41) is 12.5. The standard InChI is InChI=1S/C11H12BrNO/c12-8-10-6-7-11(13(10)14)9-4-2-1-3-5-9/h1-5,10H,6-8H2. The van der Waals surface area contributed by atoms with E-state index < -0.39 is 0 Å². The minimum absolute atomic E-state index is 0.116. The first kappa shape index (κ1) is 9.71. The molecule has 74 valence electrons. The minimum atomic E-state index is 0.116. The average molecular weight is 254 g/mol. The summed E-state index contributed by atoms with van der Waals surface area (Å²) < 4.78 is 1.16. The second-order valence-corrected chi connectivity index (χ2v) is 4.13. The molecule has 1 atom stereocenters. The van der Waals surface area contributed by atoms with Crippen LogP contribution in [0.3, 0.4) is 0 Å². The largest absolute Gasteiger partial charge is 0.623 e. The molecule has 2 rings (SSSR count). The molecule has 3 heteroatoms. The number of hydroxylamine groups is 1. The molecule has 0 saturated heterocycles. The van der Waals surface area contributed by atoms with Gasteiger partial charge in [0.2, 0.25) is 0 Å². The van der Waals surface area contributed by atoms with Crippen molar-refractivity contribution in [3.8, 4) is 0 Å². The van der Waals surface area contributed by atoms with Gasteiger partial charge < -0.3 is 5.21 Å². The molecule has 1 aliphatic heterocycles. The minimum Gasteiger partial charge on any atom is -0.623 e. The van der Waals surface area contributed by atoms with Crippen molar-refractivity contribution in [2.75, 3.05) is 5.33 Å². The molecule has 0 bridgehead atoms. The molecule has 0 spiro atoms. The first-order chi connectivity index (χ1) is 6.83. The fraction of sp³-hybridized carbons (Fsp3) is 0.364. The third-order valence-corrected chi connectivity index (χ3v) is 3.34. The molecular formula is C11H12BrNO. The van der Waals surface area contributed by atoms with E-state index in [1.807, 2.05) is 30.3 Å². The van der Waals surface area contributed by atoms with E-state index in [0.29, 0.717) is 0 Å². The summed E-state index contributed by atoms with van der Waals surface area (Å²) in [5.41, 5.74) is 1.99. The van der Waals surface area contributed by atoms with Gasteiger partial charge in [0.15, 0.2) is 11.8 Å². The fourth-order valence-electron chi connectivity index (χ4n) is 1.79. The maximum atomic E-state index is 11.8. The number of benzene rings is 1. The lowest BCUT2D eigenvalue weighted by Gasteiger charge is -2.08. The van der Waals surface area contributed by atoms with Crippen LogP contribution in [0.4, 0.5) is 0 Å². The van der Waals surface area contributed by atoms with E-state index in [2.05, 4.69) is 15.9 Å². The molecule has 1 aliphatic rings. The second-order valence-electron chi connectivity index (χ2n) is 3.49. The predicted octanol–water partition coefficient (Wildman–Crippen LogP) is 2.54. The Hall–Kier alpha value is -0.830. The first-order valence-electron chi connectivity index (χ1n) is 4.76. The van der Waals surface area contributed by atoms with E-state index in [-0.39, 0.29) is 6.04 Å². The summed E-state index contributed by atoms with van der Waals surface area (Å²) in [6.45, 7) is 0. The van der Waals surface area contributed by atoms with Crippen LogP contribution in [0.25, 0.3) is 0 Å². The molecule has 0 radical (unpaired) electrons. The average Bonchev–Trinajstić information content (AvgIpc) is 2.61. The maximum Gasteiger partial charge on any atom is 0.194 e. The number of hydrogen-bond acceptors (Lipinski definition) is 1. The van der Waals surface area contributed by atoms with E-state index in [0.717, 1.165) is 34.2 Å². The maximum absolute atomic E-state index is 11.8. The molecule has 14 heavy (non-hydrogen) atoms. The van der Waals surface area contributed by atoms with Gasteiger partial charge in [0.25, 0.3) is 0 Å². The third kappa shape index (κ3) is 1.69. The monoisotopic (exact) mass is 253 g/mol. The van der Waals surface area contributed by atoms with Crippen LogP contribution in [0.2, 0.25) is 0 Å². The second kappa shape index (κ2) is 4.13. The van der Waals surface area contributed by atoms with Crippen molar-refractivity contribution in [3.05, 3.63) is 41.1 Å². The van der Waals surface area contributed by atoms with Gasteiger partial charge in [0.05, 0.1) is 5.33 Å². The molecule has 0 saturated carbocycles. The van der Waals surface area contributed by atoms with E-state index in [4.69, 9.17) is 0 Å². The van der Waals surface area contributed by atoms with Gasteiger partial charge in [0, 0.05) is 18.4 Å². The van der Waals surface area contributed by atoms with Crippen LogP contribution in [0, 0.1) is 5.21 Å². The van der Waals surface area contributed by atoms with Crippen molar-refractivity contribution < 1.29 is 4.74 Å². The normalized spacial score (nSPS) is 21.6. The number of rotatable bonds is 2. The Kier molecular flexibility index (Phi) is 2.87. The van der Waals surface area contributed by atoms with Gasteiger partial charge in [-0.3, -0.25) is 0 Å². The summed E-state index contributed by atoms with van der Waals surface area (Å²) >= 11 is 3.36. The molecule has 0 aliphatic carbocycles. The molecule has 1 aromatic carbocycles. The van der Waals surface area contributed by atoms with Gasteiger partial charge >= 0.3 is 0 Å². The Morgan fingerprint density at radius 3 is 2.64 bits per heavy atom. The molecule has 1 aromatic rings. The molecule has 0 amide bonds. The summed E-state index contributed by atoms with van der Waals surface area (Å²) in [6, 6.07) is 10.0. The van der Waals surface area contributed by atoms with Gasteiger partial charge in [-0.05, 0) is 12.1 Å². The lowest BCUT2D eigenvalue weighted by molar-refractivity contribution is -0.485. The Bertz CT molecular complexity index is 348. The SMILES string of the molecule is [O-][N+]1=C(c2ccccc2)CCC1CBr. The van der Waals surface area contributed by atoms with Crippen LogP contribution < -0.4 is 0 Å². The molecule has 1 heterocycles. The molecule has 0 aromatic heterocycles. The number of alkyl halides is 1. The Labute approximate surface area is 92.0 Å². The van der Waals surface area contributed by atoms with Crippen molar-refractivity contribution in [1.82, 2.24) is 0 Å². The third-order valence-electron chi connectivity index (χ3n) is 2.60. The molecule has 1 unspecified atom stereocenters. The van der Waals surface area contributed by atoms with Crippen LogP contribution >= 0.6 is 15.9 Å². The summed E-state index contributed by atoms with van der Waals surface area (Å²) in [7, 11) is 0. The zero-order chi connectivity index (χ0) is 9.97. The Morgan fingerprint density at radius 1 is 1.36 bits per heavy atom. The van der Waals surface area contributed by atoms with E-state index in [9.17, 15) is 5.21 Å². The van der Waals surface area contributed by atoms with Crippen molar-refractivity contribution in [2.24, 2.45) is 0 Å². The lowest BCUT2D eigenvalue weighted by Crippen LogP contribution is -2.20. The highest BCUT2D eigenvalue weighted by atomic mass is 79.9. The van der Waals surface area contributed by atoms with Gasteiger partial charge in [-0.1, -0.05) is 34.1 Å². The van der Waals surface area contributed by atoms with Gasteiger partial charge in [-0.25, -0.2) is 4.74 Å². The van der Waals surface area contributed by atoms with E-state index in [1.54, 1.807) is 0 Å². The topological polar surface area (TPSA) is 26.1 Å². The quantitative estimate of drug-likeness (QED) is 0.452. The molecule has 0 fully saturated rings. The lowest BCUT2D eigenvalue weighted by atomic mass is 10.1. The molecule has 2 nitrogen and oxygen atoms in total. The van der Waals surface area contributed by atoms with E-state index >= 15 is 0 Å².